The van der Waals surface area contributed by atoms with Gasteiger partial charge in [-0.1, -0.05) is 6.92 Å². The lowest BCUT2D eigenvalue weighted by atomic mass is 9.79. The van der Waals surface area contributed by atoms with Gasteiger partial charge in [-0.25, -0.2) is 0 Å². The fourth-order valence-electron chi connectivity index (χ4n) is 3.28. The zero-order valence-electron chi connectivity index (χ0n) is 10.2. The maximum Gasteiger partial charge on any atom is -0.00160 e. The van der Waals surface area contributed by atoms with E-state index in [2.05, 4.69) is 17.1 Å². The van der Waals surface area contributed by atoms with Crippen LogP contribution in [0.3, 0.4) is 0 Å². The predicted octanol–water partition coefficient (Wildman–Crippen LogP) is 2.11. The van der Waals surface area contributed by atoms with E-state index in [1.54, 1.807) is 0 Å². The second kappa shape index (κ2) is 5.86. The standard InChI is InChI=1S/C13H26N2/c1-2-9-15-10-5-13(6-11-15)12-3-7-14-8-4-12/h12-14H,2-11H2,1H3. The van der Waals surface area contributed by atoms with Gasteiger partial charge in [0.15, 0.2) is 0 Å². The summed E-state index contributed by atoms with van der Waals surface area (Å²) in [6.07, 6.45) is 7.10. The minimum absolute atomic E-state index is 1.04. The Morgan fingerprint density at radius 2 is 1.60 bits per heavy atom. The summed E-state index contributed by atoms with van der Waals surface area (Å²) < 4.78 is 0. The van der Waals surface area contributed by atoms with Crippen LogP contribution in [0.1, 0.15) is 39.0 Å². The van der Waals surface area contributed by atoms with Crippen molar-refractivity contribution < 1.29 is 0 Å². The minimum atomic E-state index is 1.04. The molecule has 1 N–H and O–H groups in total. The Bertz CT molecular complexity index is 167. The lowest BCUT2D eigenvalue weighted by molar-refractivity contribution is 0.131. The molecule has 0 aromatic rings. The maximum atomic E-state index is 3.47. The molecular formula is C13H26N2. The molecule has 0 atom stereocenters. The summed E-state index contributed by atoms with van der Waals surface area (Å²) in [7, 11) is 0. The average molecular weight is 210 g/mol. The van der Waals surface area contributed by atoms with Crippen molar-refractivity contribution in [2.24, 2.45) is 11.8 Å². The third kappa shape index (κ3) is 3.18. The van der Waals surface area contributed by atoms with Crippen LogP contribution in [0.5, 0.6) is 0 Å². The molecule has 0 bridgehead atoms. The Morgan fingerprint density at radius 3 is 2.20 bits per heavy atom. The third-order valence-corrected chi connectivity index (χ3v) is 4.22. The zero-order chi connectivity index (χ0) is 10.5. The van der Waals surface area contributed by atoms with E-state index < -0.39 is 0 Å². The van der Waals surface area contributed by atoms with Gasteiger partial charge in [-0.05, 0) is 76.7 Å². The molecule has 2 heteroatoms. The molecule has 0 aliphatic carbocycles. The second-order valence-electron chi connectivity index (χ2n) is 5.27. The molecule has 0 saturated carbocycles. The summed E-state index contributed by atoms with van der Waals surface area (Å²) in [6.45, 7) is 8.86. The first kappa shape index (κ1) is 11.4. The first-order valence-electron chi connectivity index (χ1n) is 6.83. The molecule has 0 radical (unpaired) electrons. The summed E-state index contributed by atoms with van der Waals surface area (Å²) in [4.78, 5) is 2.65. The summed E-state index contributed by atoms with van der Waals surface area (Å²) in [5.41, 5.74) is 0. The molecular weight excluding hydrogens is 184 g/mol. The van der Waals surface area contributed by atoms with E-state index >= 15 is 0 Å². The topological polar surface area (TPSA) is 15.3 Å². The van der Waals surface area contributed by atoms with Gasteiger partial charge in [0.2, 0.25) is 0 Å². The molecule has 2 saturated heterocycles. The molecule has 15 heavy (non-hydrogen) atoms. The van der Waals surface area contributed by atoms with Crippen LogP contribution in [0.2, 0.25) is 0 Å². The van der Waals surface area contributed by atoms with E-state index in [0.717, 1.165) is 11.8 Å². The Hall–Kier alpha value is -0.0800. The van der Waals surface area contributed by atoms with E-state index in [1.165, 1.54) is 64.8 Å². The second-order valence-corrected chi connectivity index (χ2v) is 5.27. The smallest absolute Gasteiger partial charge is 0.00160 e. The molecule has 2 nitrogen and oxygen atoms in total. The van der Waals surface area contributed by atoms with Gasteiger partial charge in [-0.15, -0.1) is 0 Å². The molecule has 0 unspecified atom stereocenters. The number of piperidine rings is 2. The van der Waals surface area contributed by atoms with Crippen molar-refractivity contribution in [1.29, 1.82) is 0 Å². The highest BCUT2D eigenvalue weighted by molar-refractivity contribution is 4.80. The number of hydrogen-bond donors (Lipinski definition) is 1. The van der Waals surface area contributed by atoms with Gasteiger partial charge in [-0.2, -0.15) is 0 Å². The van der Waals surface area contributed by atoms with E-state index in [-0.39, 0.29) is 0 Å². The molecule has 2 aliphatic heterocycles. The van der Waals surface area contributed by atoms with Gasteiger partial charge in [0.25, 0.3) is 0 Å². The fraction of sp³-hybridized carbons (Fsp3) is 1.00. The highest BCUT2D eigenvalue weighted by Crippen LogP contribution is 2.30. The number of hydrogen-bond acceptors (Lipinski definition) is 2. The van der Waals surface area contributed by atoms with Crippen molar-refractivity contribution in [3.8, 4) is 0 Å². The van der Waals surface area contributed by atoms with E-state index in [1.807, 2.05) is 0 Å². The summed E-state index contributed by atoms with van der Waals surface area (Å²) in [5, 5.41) is 3.47. The molecule has 0 spiro atoms. The van der Waals surface area contributed by atoms with Crippen LogP contribution in [0, 0.1) is 11.8 Å². The van der Waals surface area contributed by atoms with Crippen LogP contribution in [0.4, 0.5) is 0 Å². The summed E-state index contributed by atoms with van der Waals surface area (Å²) in [5.74, 6) is 2.08. The monoisotopic (exact) mass is 210 g/mol. The summed E-state index contributed by atoms with van der Waals surface area (Å²) >= 11 is 0. The molecule has 0 amide bonds. The van der Waals surface area contributed by atoms with Crippen LogP contribution >= 0.6 is 0 Å². The van der Waals surface area contributed by atoms with Gasteiger partial charge in [-0.3, -0.25) is 0 Å². The van der Waals surface area contributed by atoms with Gasteiger partial charge in [0.1, 0.15) is 0 Å². The highest BCUT2D eigenvalue weighted by atomic mass is 15.1. The molecule has 0 aromatic carbocycles. The van der Waals surface area contributed by atoms with Crippen LogP contribution in [0.25, 0.3) is 0 Å². The quantitative estimate of drug-likeness (QED) is 0.767. The normalized spacial score (nSPS) is 27.0. The van der Waals surface area contributed by atoms with Crippen LogP contribution in [-0.2, 0) is 0 Å². The first-order chi connectivity index (χ1) is 7.40. The lowest BCUT2D eigenvalue weighted by Crippen LogP contribution is -2.39. The summed E-state index contributed by atoms with van der Waals surface area (Å²) in [6, 6.07) is 0. The van der Waals surface area contributed by atoms with Gasteiger partial charge >= 0.3 is 0 Å². The van der Waals surface area contributed by atoms with Gasteiger partial charge in [0.05, 0.1) is 0 Å². The van der Waals surface area contributed by atoms with E-state index in [0.29, 0.717) is 0 Å². The van der Waals surface area contributed by atoms with Crippen molar-refractivity contribution in [1.82, 2.24) is 10.2 Å². The van der Waals surface area contributed by atoms with Crippen LogP contribution in [0.15, 0.2) is 0 Å². The van der Waals surface area contributed by atoms with E-state index in [9.17, 15) is 0 Å². The third-order valence-electron chi connectivity index (χ3n) is 4.22. The number of nitrogens with one attached hydrogen (secondary N) is 1. The number of nitrogens with zero attached hydrogens (tertiary/aromatic N) is 1. The lowest BCUT2D eigenvalue weighted by Gasteiger charge is -2.37. The predicted molar refractivity (Wildman–Crippen MR) is 65.0 cm³/mol. The van der Waals surface area contributed by atoms with Crippen molar-refractivity contribution >= 4 is 0 Å². The van der Waals surface area contributed by atoms with Crippen molar-refractivity contribution in [3.05, 3.63) is 0 Å². The first-order valence-corrected chi connectivity index (χ1v) is 6.83. The average Bonchev–Trinajstić information content (AvgIpc) is 2.32. The maximum absolute atomic E-state index is 3.47. The Kier molecular flexibility index (Phi) is 4.45. The Morgan fingerprint density at radius 1 is 1.00 bits per heavy atom. The van der Waals surface area contributed by atoms with Gasteiger partial charge in [0, 0.05) is 0 Å². The van der Waals surface area contributed by atoms with Crippen molar-refractivity contribution in [3.63, 3.8) is 0 Å². The molecule has 2 fully saturated rings. The molecule has 2 heterocycles. The van der Waals surface area contributed by atoms with Crippen molar-refractivity contribution in [2.45, 2.75) is 39.0 Å². The molecule has 2 aliphatic rings. The number of rotatable bonds is 3. The molecule has 0 aromatic heterocycles. The highest BCUT2D eigenvalue weighted by Gasteiger charge is 2.26. The van der Waals surface area contributed by atoms with Gasteiger partial charge < -0.3 is 10.2 Å². The zero-order valence-corrected chi connectivity index (χ0v) is 10.2. The Balaban J connectivity index is 1.72. The molecule has 2 rings (SSSR count). The Labute approximate surface area is 94.4 Å². The fourth-order valence-corrected chi connectivity index (χ4v) is 3.28. The SMILES string of the molecule is CCCN1CCC(C2CCNCC2)CC1. The van der Waals surface area contributed by atoms with Crippen LogP contribution < -0.4 is 5.32 Å². The minimum Gasteiger partial charge on any atom is -0.317 e. The molecule has 88 valence electrons. The largest absolute Gasteiger partial charge is 0.317 e. The van der Waals surface area contributed by atoms with Crippen molar-refractivity contribution in [2.75, 3.05) is 32.7 Å². The number of likely N-dealkylation sites (tertiary alicyclic amines) is 1. The van der Waals surface area contributed by atoms with E-state index in [4.69, 9.17) is 0 Å². The van der Waals surface area contributed by atoms with Crippen LogP contribution in [-0.4, -0.2) is 37.6 Å².